The Hall–Kier alpha value is -4.22. The molecule has 0 aliphatic carbocycles. The molecular weight excluding hydrogens is 534 g/mol. The van der Waals surface area contributed by atoms with Gasteiger partial charge in [0.1, 0.15) is 6.04 Å². The van der Waals surface area contributed by atoms with Crippen LogP contribution >= 0.6 is 0 Å². The minimum atomic E-state index is -4.27. The molecule has 40 heavy (non-hydrogen) atoms. The van der Waals surface area contributed by atoms with Crippen LogP contribution in [-0.4, -0.2) is 43.3 Å². The van der Waals surface area contributed by atoms with Gasteiger partial charge in [-0.3, -0.25) is 14.4 Å². The van der Waals surface area contributed by atoms with Crippen molar-refractivity contribution in [3.05, 3.63) is 77.9 Å². The molecule has 5 rings (SSSR count). The molecule has 2 heterocycles. The number of ether oxygens (including phenoxy) is 2. The number of anilines is 2. The second kappa shape index (κ2) is 10.7. The molecule has 1 saturated heterocycles. The number of imide groups is 1. The molecule has 10 nitrogen and oxygen atoms in total. The van der Waals surface area contributed by atoms with Crippen molar-refractivity contribution >= 4 is 39.1 Å². The summed E-state index contributed by atoms with van der Waals surface area (Å²) in [6, 6.07) is 16.5. The van der Waals surface area contributed by atoms with Crippen molar-refractivity contribution in [1.29, 1.82) is 0 Å². The molecule has 3 aromatic carbocycles. The number of sulfonamides is 1. The number of hydrogen-bond donors (Lipinski definition) is 1. The number of nitrogens with one attached hydrogen (secondary N) is 1. The van der Waals surface area contributed by atoms with Gasteiger partial charge in [-0.15, -0.1) is 0 Å². The summed E-state index contributed by atoms with van der Waals surface area (Å²) in [6.45, 7) is 5.30. The lowest BCUT2D eigenvalue weighted by molar-refractivity contribution is -0.122. The SMILES string of the molecule is CC(=O)Nc1ccc(S(=O)(=O)N(Cc2ccc3c(c2)OCO3)C2CC(=O)N(c3ccc(C(C)C)cc3)C2=O)cc1. The third-order valence-corrected chi connectivity index (χ3v) is 8.71. The molecule has 208 valence electrons. The Labute approximate surface area is 232 Å². The van der Waals surface area contributed by atoms with Crippen LogP contribution in [0.4, 0.5) is 11.4 Å². The van der Waals surface area contributed by atoms with Crippen molar-refractivity contribution in [1.82, 2.24) is 4.31 Å². The number of amides is 3. The number of rotatable bonds is 8. The second-order valence-corrected chi connectivity index (χ2v) is 11.9. The van der Waals surface area contributed by atoms with Crippen molar-refractivity contribution in [3.63, 3.8) is 0 Å². The van der Waals surface area contributed by atoms with Gasteiger partial charge in [-0.1, -0.05) is 32.0 Å². The molecule has 3 amide bonds. The third kappa shape index (κ3) is 5.30. The van der Waals surface area contributed by atoms with Crippen LogP contribution in [0.15, 0.2) is 71.6 Å². The largest absolute Gasteiger partial charge is 0.454 e. The van der Waals surface area contributed by atoms with Gasteiger partial charge in [0.25, 0.3) is 5.91 Å². The Morgan fingerprint density at radius 3 is 2.33 bits per heavy atom. The summed E-state index contributed by atoms with van der Waals surface area (Å²) in [5.74, 6) is -0.131. The Balaban J connectivity index is 1.51. The van der Waals surface area contributed by atoms with E-state index in [2.05, 4.69) is 5.32 Å². The molecule has 1 unspecified atom stereocenters. The third-order valence-electron chi connectivity index (χ3n) is 6.85. The topological polar surface area (TPSA) is 122 Å². The number of nitrogens with zero attached hydrogens (tertiary/aromatic N) is 2. The van der Waals surface area contributed by atoms with Crippen molar-refractivity contribution in [3.8, 4) is 11.5 Å². The molecular formula is C29H29N3O7S. The quantitative estimate of drug-likeness (QED) is 0.411. The van der Waals surface area contributed by atoms with Gasteiger partial charge in [-0.2, -0.15) is 4.31 Å². The molecule has 1 atom stereocenters. The predicted molar refractivity (Wildman–Crippen MR) is 147 cm³/mol. The molecule has 2 aliphatic heterocycles. The summed E-state index contributed by atoms with van der Waals surface area (Å²) in [4.78, 5) is 39.2. The first-order valence-corrected chi connectivity index (χ1v) is 14.2. The first-order valence-electron chi connectivity index (χ1n) is 12.8. The van der Waals surface area contributed by atoms with Crippen molar-refractivity contribution < 1.29 is 32.3 Å². The Bertz CT molecular complexity index is 1570. The zero-order valence-corrected chi connectivity index (χ0v) is 23.1. The molecule has 0 radical (unpaired) electrons. The predicted octanol–water partition coefficient (Wildman–Crippen LogP) is 4.02. The van der Waals surface area contributed by atoms with Crippen LogP contribution in [0.1, 0.15) is 44.2 Å². The zero-order chi connectivity index (χ0) is 28.6. The lowest BCUT2D eigenvalue weighted by Gasteiger charge is -2.27. The van der Waals surface area contributed by atoms with Crippen molar-refractivity contribution in [2.24, 2.45) is 0 Å². The monoisotopic (exact) mass is 563 g/mol. The lowest BCUT2D eigenvalue weighted by Crippen LogP contribution is -2.45. The van der Waals surface area contributed by atoms with Crippen molar-refractivity contribution in [2.75, 3.05) is 17.0 Å². The average molecular weight is 564 g/mol. The molecule has 0 saturated carbocycles. The Morgan fingerprint density at radius 1 is 1.00 bits per heavy atom. The van der Waals surface area contributed by atoms with Gasteiger partial charge in [0.15, 0.2) is 11.5 Å². The van der Waals surface area contributed by atoms with Crippen molar-refractivity contribution in [2.45, 2.75) is 50.6 Å². The van der Waals surface area contributed by atoms with Gasteiger partial charge in [-0.25, -0.2) is 13.3 Å². The maximum absolute atomic E-state index is 14.0. The van der Waals surface area contributed by atoms with Crippen LogP contribution in [-0.2, 0) is 31.0 Å². The first-order chi connectivity index (χ1) is 19.0. The van der Waals surface area contributed by atoms with E-state index < -0.39 is 27.9 Å². The van der Waals surface area contributed by atoms with Crippen LogP contribution in [0.5, 0.6) is 11.5 Å². The molecule has 1 fully saturated rings. The molecule has 2 aliphatic rings. The van der Waals surface area contributed by atoms with E-state index >= 15 is 0 Å². The van der Waals surface area contributed by atoms with E-state index in [1.54, 1.807) is 30.3 Å². The summed E-state index contributed by atoms with van der Waals surface area (Å²) >= 11 is 0. The van der Waals surface area contributed by atoms with Gasteiger partial charge < -0.3 is 14.8 Å². The highest BCUT2D eigenvalue weighted by molar-refractivity contribution is 7.89. The molecule has 0 bridgehead atoms. The highest BCUT2D eigenvalue weighted by atomic mass is 32.2. The minimum Gasteiger partial charge on any atom is -0.454 e. The Kier molecular flexibility index (Phi) is 7.35. The summed E-state index contributed by atoms with van der Waals surface area (Å²) in [7, 11) is -4.27. The van der Waals surface area contributed by atoms with Crippen LogP contribution in [0.3, 0.4) is 0 Å². The average Bonchev–Trinajstić information content (AvgIpc) is 3.50. The fraction of sp³-hybridized carbons (Fsp3) is 0.276. The summed E-state index contributed by atoms with van der Waals surface area (Å²) in [5.41, 5.74) is 2.43. The maximum Gasteiger partial charge on any atom is 0.252 e. The number of carbonyl (C=O) groups excluding carboxylic acids is 3. The fourth-order valence-electron chi connectivity index (χ4n) is 4.75. The van der Waals surface area contributed by atoms with Gasteiger partial charge in [-0.05, 0) is 65.6 Å². The van der Waals surface area contributed by atoms with E-state index in [9.17, 15) is 22.8 Å². The first kappa shape index (κ1) is 27.4. The van der Waals surface area contributed by atoms with Crippen LogP contribution in [0, 0.1) is 0 Å². The van der Waals surface area contributed by atoms with E-state index in [-0.39, 0.29) is 36.5 Å². The summed E-state index contributed by atoms with van der Waals surface area (Å²) < 4.78 is 39.9. The number of fused-ring (bicyclic) bond motifs is 1. The van der Waals surface area contributed by atoms with Gasteiger partial charge in [0.05, 0.1) is 17.0 Å². The van der Waals surface area contributed by atoms with Crippen LogP contribution in [0.25, 0.3) is 0 Å². The second-order valence-electron chi connectivity index (χ2n) is 9.98. The van der Waals surface area contributed by atoms with Crippen LogP contribution < -0.4 is 19.7 Å². The normalized spacial score (nSPS) is 16.7. The fourth-order valence-corrected chi connectivity index (χ4v) is 6.32. The lowest BCUT2D eigenvalue weighted by atomic mass is 10.0. The highest BCUT2D eigenvalue weighted by Gasteiger charge is 2.47. The zero-order valence-electron chi connectivity index (χ0n) is 22.3. The molecule has 3 aromatic rings. The summed E-state index contributed by atoms with van der Waals surface area (Å²) in [6.07, 6.45) is -0.307. The molecule has 0 spiro atoms. The van der Waals surface area contributed by atoms with Crippen LogP contribution in [0.2, 0.25) is 0 Å². The molecule has 1 N–H and O–H groups in total. The number of hydrogen-bond acceptors (Lipinski definition) is 7. The highest BCUT2D eigenvalue weighted by Crippen LogP contribution is 2.35. The number of carbonyl (C=O) groups is 3. The minimum absolute atomic E-state index is 0.0572. The van der Waals surface area contributed by atoms with E-state index in [0.29, 0.717) is 28.4 Å². The maximum atomic E-state index is 14.0. The standard InChI is InChI=1S/C29H29N3O7S/c1-18(2)21-5-9-23(10-6-21)32-28(34)15-25(29(32)35)31(16-20-4-13-26-27(14-20)39-17-38-26)40(36,37)24-11-7-22(8-12-24)30-19(3)33/h4-14,18,25H,15-17H2,1-3H3,(H,30,33). The van der Waals surface area contributed by atoms with Gasteiger partial charge in [0.2, 0.25) is 28.6 Å². The molecule has 0 aromatic heterocycles. The van der Waals surface area contributed by atoms with E-state index in [0.717, 1.165) is 14.8 Å². The molecule has 11 heteroatoms. The van der Waals surface area contributed by atoms with Gasteiger partial charge in [0, 0.05) is 19.2 Å². The van der Waals surface area contributed by atoms with Gasteiger partial charge >= 0.3 is 0 Å². The number of benzene rings is 3. The van der Waals surface area contributed by atoms with E-state index in [1.807, 2.05) is 26.0 Å². The Morgan fingerprint density at radius 2 is 1.68 bits per heavy atom. The van der Waals surface area contributed by atoms with E-state index in [1.165, 1.54) is 31.2 Å². The van der Waals surface area contributed by atoms with E-state index in [4.69, 9.17) is 9.47 Å². The summed E-state index contributed by atoms with van der Waals surface area (Å²) in [5, 5.41) is 2.60. The smallest absolute Gasteiger partial charge is 0.252 e.